The van der Waals surface area contributed by atoms with Gasteiger partial charge in [-0.05, 0) is 42.5 Å². The van der Waals surface area contributed by atoms with Crippen molar-refractivity contribution in [2.24, 2.45) is 0 Å². The number of hydrogen-bond acceptors (Lipinski definition) is 5. The van der Waals surface area contributed by atoms with Gasteiger partial charge in [-0.1, -0.05) is 22.1 Å². The fourth-order valence-electron chi connectivity index (χ4n) is 1.90. The summed E-state index contributed by atoms with van der Waals surface area (Å²) in [6.07, 6.45) is 0. The molecule has 10 heteroatoms. The van der Waals surface area contributed by atoms with Gasteiger partial charge in [0, 0.05) is 23.2 Å². The van der Waals surface area contributed by atoms with Crippen molar-refractivity contribution in [2.75, 3.05) is 14.2 Å². The van der Waals surface area contributed by atoms with Gasteiger partial charge in [-0.3, -0.25) is 25.3 Å². The lowest BCUT2D eigenvalue weighted by atomic mass is 10.2. The smallest absolute Gasteiger partial charge is 0.269 e. The van der Waals surface area contributed by atoms with Gasteiger partial charge in [0.2, 0.25) is 0 Å². The summed E-state index contributed by atoms with van der Waals surface area (Å²) in [6, 6.07) is 11.4. The van der Waals surface area contributed by atoms with Crippen LogP contribution in [0.2, 0.25) is 5.02 Å². The maximum absolute atomic E-state index is 12.2. The molecule has 2 aromatic carbocycles. The number of hydrazine groups is 1. The van der Waals surface area contributed by atoms with Crippen LogP contribution in [0.15, 0.2) is 53.4 Å². The van der Waals surface area contributed by atoms with E-state index in [9.17, 15) is 18.0 Å². The first-order valence-electron chi connectivity index (χ1n) is 7.25. The quantitative estimate of drug-likeness (QED) is 0.745. The van der Waals surface area contributed by atoms with Gasteiger partial charge in [-0.15, -0.1) is 0 Å². The number of amides is 2. The molecule has 2 N–H and O–H groups in total. The average molecular weight is 398 g/mol. The Balaban J connectivity index is 2.09. The molecule has 0 atom stereocenters. The maximum atomic E-state index is 12.2. The molecule has 0 spiro atoms. The molecule has 26 heavy (non-hydrogen) atoms. The van der Waals surface area contributed by atoms with Crippen LogP contribution in [0.5, 0.6) is 0 Å². The van der Waals surface area contributed by atoms with Crippen LogP contribution in [0.25, 0.3) is 0 Å². The summed E-state index contributed by atoms with van der Waals surface area (Å²) in [7, 11) is -1.45. The van der Waals surface area contributed by atoms with Crippen molar-refractivity contribution in [1.82, 2.24) is 15.3 Å². The van der Waals surface area contributed by atoms with Gasteiger partial charge in [0.25, 0.3) is 21.8 Å². The summed E-state index contributed by atoms with van der Waals surface area (Å²) in [5.74, 6) is -1.22. The molecule has 2 rings (SSSR count). The van der Waals surface area contributed by atoms with E-state index in [0.29, 0.717) is 15.1 Å². The predicted octanol–water partition coefficient (Wildman–Crippen LogP) is 1.60. The van der Waals surface area contributed by atoms with E-state index >= 15 is 0 Å². The van der Waals surface area contributed by atoms with E-state index in [1.165, 1.54) is 50.6 Å². The Labute approximate surface area is 155 Å². The first-order chi connectivity index (χ1) is 12.3. The van der Waals surface area contributed by atoms with Crippen LogP contribution >= 0.6 is 11.6 Å². The monoisotopic (exact) mass is 397 g/mol. The molecule has 0 bridgehead atoms. The van der Waals surface area contributed by atoms with Gasteiger partial charge in [0.15, 0.2) is 0 Å². The molecule has 138 valence electrons. The molecular formula is C16H16ClN3O5S. The molecule has 0 aliphatic rings. The van der Waals surface area contributed by atoms with Crippen molar-refractivity contribution < 1.29 is 22.8 Å². The Morgan fingerprint density at radius 2 is 1.58 bits per heavy atom. The zero-order valence-electron chi connectivity index (χ0n) is 13.9. The van der Waals surface area contributed by atoms with Crippen LogP contribution in [0, 0.1) is 0 Å². The summed E-state index contributed by atoms with van der Waals surface area (Å²) in [6.45, 7) is 0. The number of hydrogen-bond donors (Lipinski definition) is 2. The highest BCUT2D eigenvalue weighted by Gasteiger charge is 2.22. The Kier molecular flexibility index (Phi) is 6.32. The number of rotatable bonds is 5. The third-order valence-corrected chi connectivity index (χ3v) is 5.31. The predicted molar refractivity (Wildman–Crippen MR) is 94.8 cm³/mol. The van der Waals surface area contributed by atoms with E-state index < -0.39 is 21.8 Å². The van der Waals surface area contributed by atoms with Crippen LogP contribution in [-0.4, -0.2) is 38.9 Å². The van der Waals surface area contributed by atoms with Gasteiger partial charge < -0.3 is 0 Å². The Hall–Kier alpha value is -2.46. The molecular weight excluding hydrogens is 382 g/mol. The molecule has 2 aromatic rings. The molecule has 0 saturated carbocycles. The molecule has 0 heterocycles. The number of halogens is 1. The lowest BCUT2D eigenvalue weighted by molar-refractivity contribution is -0.0258. The number of hydroxylamine groups is 1. The minimum Gasteiger partial charge on any atom is -0.288 e. The van der Waals surface area contributed by atoms with Gasteiger partial charge in [-0.25, -0.2) is 8.42 Å². The zero-order valence-corrected chi connectivity index (χ0v) is 15.5. The third-order valence-electron chi connectivity index (χ3n) is 3.39. The number of nitrogens with one attached hydrogen (secondary N) is 2. The Morgan fingerprint density at radius 1 is 1.00 bits per heavy atom. The molecule has 2 amide bonds. The minimum absolute atomic E-state index is 0.0481. The largest absolute Gasteiger partial charge is 0.288 e. The first kappa shape index (κ1) is 19.9. The summed E-state index contributed by atoms with van der Waals surface area (Å²) >= 11 is 5.75. The van der Waals surface area contributed by atoms with Crippen LogP contribution in [-0.2, 0) is 14.9 Å². The van der Waals surface area contributed by atoms with Gasteiger partial charge in [0.05, 0.1) is 12.0 Å². The standard InChI is InChI=1S/C16H16ClN3O5S/c1-20(25-2)26(23,24)14-5-3-4-12(10-14)16(22)19-18-15(21)11-6-8-13(17)9-7-11/h3-10H,1-2H3,(H,18,21)(H,19,22). The average Bonchev–Trinajstić information content (AvgIpc) is 2.65. The summed E-state index contributed by atoms with van der Waals surface area (Å²) < 4.78 is 25.1. The van der Waals surface area contributed by atoms with Crippen molar-refractivity contribution >= 4 is 33.4 Å². The van der Waals surface area contributed by atoms with Gasteiger partial charge >= 0.3 is 0 Å². The molecule has 0 aromatic heterocycles. The van der Waals surface area contributed by atoms with Crippen molar-refractivity contribution in [3.63, 3.8) is 0 Å². The van der Waals surface area contributed by atoms with E-state index in [-0.39, 0.29) is 10.5 Å². The zero-order chi connectivity index (χ0) is 19.3. The number of nitrogens with zero attached hydrogens (tertiary/aromatic N) is 1. The van der Waals surface area contributed by atoms with E-state index in [1.54, 1.807) is 12.1 Å². The highest BCUT2D eigenvalue weighted by Crippen LogP contribution is 2.16. The van der Waals surface area contributed by atoms with Crippen LogP contribution in [0.3, 0.4) is 0 Å². The minimum atomic E-state index is -3.89. The van der Waals surface area contributed by atoms with E-state index in [0.717, 1.165) is 0 Å². The van der Waals surface area contributed by atoms with Gasteiger partial charge in [-0.2, -0.15) is 0 Å². The lowest BCUT2D eigenvalue weighted by Crippen LogP contribution is -2.41. The summed E-state index contributed by atoms with van der Waals surface area (Å²) in [4.78, 5) is 28.7. The first-order valence-corrected chi connectivity index (χ1v) is 9.07. The molecule has 0 radical (unpaired) electrons. The van der Waals surface area contributed by atoms with E-state index in [1.807, 2.05) is 0 Å². The molecule has 8 nitrogen and oxygen atoms in total. The van der Waals surface area contributed by atoms with Crippen LogP contribution in [0.4, 0.5) is 0 Å². The van der Waals surface area contributed by atoms with Crippen molar-refractivity contribution in [1.29, 1.82) is 0 Å². The second kappa shape index (κ2) is 8.28. The number of carbonyl (C=O) groups excluding carboxylic acids is 2. The normalized spacial score (nSPS) is 11.2. The van der Waals surface area contributed by atoms with E-state index in [4.69, 9.17) is 11.6 Å². The van der Waals surface area contributed by atoms with Crippen LogP contribution < -0.4 is 10.9 Å². The van der Waals surface area contributed by atoms with Crippen molar-refractivity contribution in [2.45, 2.75) is 4.90 Å². The third kappa shape index (κ3) is 4.58. The van der Waals surface area contributed by atoms with Gasteiger partial charge in [0.1, 0.15) is 0 Å². The molecule has 0 aliphatic carbocycles. The summed E-state index contributed by atoms with van der Waals surface area (Å²) in [5, 5.41) is 0.477. The molecule has 0 saturated heterocycles. The summed E-state index contributed by atoms with van der Waals surface area (Å²) in [5.41, 5.74) is 4.81. The SMILES string of the molecule is CON(C)S(=O)(=O)c1cccc(C(=O)NNC(=O)c2ccc(Cl)cc2)c1. The van der Waals surface area contributed by atoms with Crippen molar-refractivity contribution in [3.05, 3.63) is 64.7 Å². The second-order valence-corrected chi connectivity index (χ2v) is 7.41. The Morgan fingerprint density at radius 3 is 2.15 bits per heavy atom. The molecule has 0 unspecified atom stereocenters. The van der Waals surface area contributed by atoms with Crippen molar-refractivity contribution in [3.8, 4) is 0 Å². The molecule has 0 aliphatic heterocycles. The fourth-order valence-corrected chi connectivity index (χ4v) is 3.05. The van der Waals surface area contributed by atoms with Crippen LogP contribution in [0.1, 0.15) is 20.7 Å². The highest BCUT2D eigenvalue weighted by molar-refractivity contribution is 7.89. The Bertz CT molecular complexity index is 916. The maximum Gasteiger partial charge on any atom is 0.269 e. The number of benzene rings is 2. The number of carbonyl (C=O) groups is 2. The van der Waals surface area contributed by atoms with E-state index in [2.05, 4.69) is 15.7 Å². The number of sulfonamides is 1. The molecule has 0 fully saturated rings. The topological polar surface area (TPSA) is 105 Å². The fraction of sp³-hybridized carbons (Fsp3) is 0.125. The second-order valence-electron chi connectivity index (χ2n) is 5.04. The lowest BCUT2D eigenvalue weighted by Gasteiger charge is -2.14. The highest BCUT2D eigenvalue weighted by atomic mass is 35.5.